The number of nitrogens with one attached hydrogen (secondary N) is 1. The van der Waals surface area contributed by atoms with Crippen molar-refractivity contribution in [3.05, 3.63) is 53.9 Å². The van der Waals surface area contributed by atoms with Crippen molar-refractivity contribution in [1.82, 2.24) is 14.3 Å². The van der Waals surface area contributed by atoms with Crippen LogP contribution in [0.4, 0.5) is 0 Å². The minimum atomic E-state index is -0.861. The Balaban J connectivity index is 1.06. The van der Waals surface area contributed by atoms with Crippen LogP contribution in [0.15, 0.2) is 47.6 Å². The number of hydrogen-bond donors (Lipinski definition) is 2. The highest BCUT2D eigenvalue weighted by Crippen LogP contribution is 2.63. The van der Waals surface area contributed by atoms with Gasteiger partial charge in [0.05, 0.1) is 5.60 Å². The second-order valence-corrected chi connectivity index (χ2v) is 11.3. The number of aromatic amines is 1. The van der Waals surface area contributed by atoms with Gasteiger partial charge in [-0.2, -0.15) is 0 Å². The predicted molar refractivity (Wildman–Crippen MR) is 123 cm³/mol. The number of fused-ring (bicyclic) bond motifs is 4. The third-order valence-corrected chi connectivity index (χ3v) is 8.83. The van der Waals surface area contributed by atoms with Crippen LogP contribution in [0, 0.1) is 11.3 Å². The van der Waals surface area contributed by atoms with Gasteiger partial charge in [-0.05, 0) is 91.1 Å². The third-order valence-electron chi connectivity index (χ3n) is 7.78. The van der Waals surface area contributed by atoms with Crippen LogP contribution in [0.5, 0.6) is 0 Å². The molecule has 2 aliphatic heterocycles. The molecular formula is C24H26BN3O2S. The highest BCUT2D eigenvalue weighted by atomic mass is 32.2. The fourth-order valence-electron chi connectivity index (χ4n) is 6.23. The van der Waals surface area contributed by atoms with Gasteiger partial charge in [0.25, 0.3) is 0 Å². The number of benzene rings is 1. The van der Waals surface area contributed by atoms with Gasteiger partial charge >= 0.3 is 7.12 Å². The standard InChI is InChI=1S/C24H26BN3O2S/c29-25-20-12-27-22-19(7-9-26-22)21(20)24(30-25)13-23(14-24)8-10-28(15-23)31-18-5-3-17(4-6-18)11-16-1-2-16/h3-7,9,12,16,29H,1-2,8,10-11,13-15H2,(H,26,27). The Labute approximate surface area is 186 Å². The number of H-pyrrole nitrogens is 1. The van der Waals surface area contributed by atoms with Gasteiger partial charge < -0.3 is 14.7 Å². The van der Waals surface area contributed by atoms with Gasteiger partial charge in [-0.25, -0.2) is 9.29 Å². The number of nitrogens with zero attached hydrogens (tertiary/aromatic N) is 2. The van der Waals surface area contributed by atoms with E-state index in [9.17, 15) is 5.02 Å². The maximum Gasteiger partial charge on any atom is 0.493 e. The lowest BCUT2D eigenvalue weighted by atomic mass is 9.56. The summed E-state index contributed by atoms with van der Waals surface area (Å²) in [6.45, 7) is 2.19. The van der Waals surface area contributed by atoms with E-state index in [1.54, 1.807) is 6.20 Å². The Morgan fingerprint density at radius 1 is 1.23 bits per heavy atom. The van der Waals surface area contributed by atoms with E-state index in [2.05, 4.69) is 44.6 Å². The van der Waals surface area contributed by atoms with Gasteiger partial charge in [0, 0.05) is 41.2 Å². The average molecular weight is 431 g/mol. The van der Waals surface area contributed by atoms with Crippen LogP contribution in [0.1, 0.15) is 43.2 Å². The molecule has 31 heavy (non-hydrogen) atoms. The Hall–Kier alpha value is -1.80. The first-order valence-corrected chi connectivity index (χ1v) is 12.2. The fraction of sp³-hybridized carbons (Fsp3) is 0.458. The summed E-state index contributed by atoms with van der Waals surface area (Å²) in [7, 11) is -0.861. The highest BCUT2D eigenvalue weighted by molar-refractivity contribution is 7.97. The van der Waals surface area contributed by atoms with Gasteiger partial charge in [-0.3, -0.25) is 0 Å². The molecule has 7 rings (SSSR count). The Morgan fingerprint density at radius 2 is 2.06 bits per heavy atom. The highest BCUT2D eigenvalue weighted by Gasteiger charge is 2.63. The zero-order chi connectivity index (χ0) is 20.6. The summed E-state index contributed by atoms with van der Waals surface area (Å²) in [5, 5.41) is 11.6. The average Bonchev–Trinajstić information content (AvgIpc) is 3.15. The Morgan fingerprint density at radius 3 is 2.87 bits per heavy atom. The summed E-state index contributed by atoms with van der Waals surface area (Å²) in [5.74, 6) is 0.938. The van der Waals surface area contributed by atoms with Crippen LogP contribution >= 0.6 is 11.9 Å². The number of pyridine rings is 1. The lowest BCUT2D eigenvalue weighted by Crippen LogP contribution is -2.51. The van der Waals surface area contributed by atoms with Crippen LogP contribution < -0.4 is 5.46 Å². The third kappa shape index (κ3) is 3.01. The molecule has 1 aromatic carbocycles. The smallest absolute Gasteiger partial charge is 0.423 e. The van der Waals surface area contributed by atoms with E-state index in [-0.39, 0.29) is 11.0 Å². The quantitative estimate of drug-likeness (QED) is 0.488. The lowest BCUT2D eigenvalue weighted by Gasteiger charge is -2.53. The van der Waals surface area contributed by atoms with Crippen molar-refractivity contribution < 1.29 is 9.68 Å². The molecule has 2 aromatic heterocycles. The Kier molecular flexibility index (Phi) is 4.00. The topological polar surface area (TPSA) is 61.4 Å². The zero-order valence-corrected chi connectivity index (χ0v) is 18.3. The molecular weight excluding hydrogens is 405 g/mol. The maximum atomic E-state index is 10.6. The van der Waals surface area contributed by atoms with Crippen LogP contribution in [-0.2, 0) is 16.7 Å². The van der Waals surface area contributed by atoms with E-state index < -0.39 is 7.12 Å². The van der Waals surface area contributed by atoms with Gasteiger partial charge in [0.15, 0.2) is 0 Å². The first-order chi connectivity index (χ1) is 15.1. The minimum Gasteiger partial charge on any atom is -0.423 e. The second kappa shape index (κ2) is 6.61. The molecule has 1 saturated heterocycles. The van der Waals surface area contributed by atoms with Crippen molar-refractivity contribution in [2.45, 2.75) is 49.0 Å². The molecule has 2 spiro atoms. The first-order valence-electron chi connectivity index (χ1n) is 11.5. The zero-order valence-electron chi connectivity index (χ0n) is 17.5. The molecule has 5 nitrogen and oxygen atoms in total. The summed E-state index contributed by atoms with van der Waals surface area (Å²) in [4.78, 5) is 8.99. The van der Waals surface area contributed by atoms with E-state index >= 15 is 0 Å². The van der Waals surface area contributed by atoms with Crippen molar-refractivity contribution >= 4 is 35.6 Å². The maximum absolute atomic E-state index is 10.6. The van der Waals surface area contributed by atoms with Crippen LogP contribution in [0.3, 0.4) is 0 Å². The second-order valence-electron chi connectivity index (χ2n) is 10.1. The van der Waals surface area contributed by atoms with Crippen LogP contribution in [0.2, 0.25) is 0 Å². The summed E-state index contributed by atoms with van der Waals surface area (Å²) >= 11 is 1.90. The molecule has 0 amide bonds. The van der Waals surface area contributed by atoms with Gasteiger partial charge in [-0.15, -0.1) is 0 Å². The summed E-state index contributed by atoms with van der Waals surface area (Å²) in [5.41, 5.74) is 4.29. The number of rotatable bonds is 4. The van der Waals surface area contributed by atoms with Crippen LogP contribution in [-0.4, -0.2) is 39.5 Å². The molecule has 0 radical (unpaired) electrons. The van der Waals surface area contributed by atoms with Crippen LogP contribution in [0.25, 0.3) is 11.0 Å². The summed E-state index contributed by atoms with van der Waals surface area (Å²) < 4.78 is 8.72. The minimum absolute atomic E-state index is 0.284. The van der Waals surface area contributed by atoms with Crippen molar-refractivity contribution in [2.24, 2.45) is 11.3 Å². The monoisotopic (exact) mass is 431 g/mol. The number of aromatic nitrogens is 2. The largest absolute Gasteiger partial charge is 0.493 e. The molecule has 158 valence electrons. The molecule has 4 heterocycles. The van der Waals surface area contributed by atoms with Gasteiger partial charge in [0.1, 0.15) is 5.65 Å². The summed E-state index contributed by atoms with van der Waals surface area (Å²) in [6.07, 6.45) is 10.9. The molecule has 2 saturated carbocycles. The van der Waals surface area contributed by atoms with Crippen molar-refractivity contribution in [1.29, 1.82) is 0 Å². The lowest BCUT2D eigenvalue weighted by molar-refractivity contribution is -0.108. The van der Waals surface area contributed by atoms with Crippen molar-refractivity contribution in [2.75, 3.05) is 13.1 Å². The molecule has 0 unspecified atom stereocenters. The van der Waals surface area contributed by atoms with E-state index in [1.807, 2.05) is 18.1 Å². The molecule has 0 bridgehead atoms. The molecule has 7 heteroatoms. The molecule has 4 aliphatic rings. The van der Waals surface area contributed by atoms with Crippen molar-refractivity contribution in [3.8, 4) is 0 Å². The first kappa shape index (κ1) is 18.7. The summed E-state index contributed by atoms with van der Waals surface area (Å²) in [6, 6.07) is 11.3. The number of hydrogen-bond acceptors (Lipinski definition) is 5. The molecule has 0 atom stereocenters. The predicted octanol–water partition coefficient (Wildman–Crippen LogP) is 3.62. The fourth-order valence-corrected chi connectivity index (χ4v) is 7.30. The molecule has 3 fully saturated rings. The van der Waals surface area contributed by atoms with E-state index in [4.69, 9.17) is 4.65 Å². The van der Waals surface area contributed by atoms with E-state index in [0.717, 1.165) is 53.9 Å². The van der Waals surface area contributed by atoms with Crippen molar-refractivity contribution in [3.63, 3.8) is 0 Å². The van der Waals surface area contributed by atoms with E-state index in [0.29, 0.717) is 0 Å². The molecule has 3 aromatic rings. The van der Waals surface area contributed by atoms with Gasteiger partial charge in [-0.1, -0.05) is 12.1 Å². The molecule has 2 N–H and O–H groups in total. The van der Waals surface area contributed by atoms with E-state index in [1.165, 1.54) is 36.1 Å². The Bertz CT molecular complexity index is 1150. The van der Waals surface area contributed by atoms with Gasteiger partial charge in [0.2, 0.25) is 0 Å². The molecule has 2 aliphatic carbocycles. The SMILES string of the molecule is OB1OC2(CC3(CCN(Sc4ccc(CC5CC5)cc4)C3)C2)c2c1cnc1[nH]ccc21. The normalized spacial score (nSPS) is 29.9.